The number of rotatable bonds is 3. The maximum absolute atomic E-state index is 5.71. The second-order valence-corrected chi connectivity index (χ2v) is 5.30. The highest BCUT2D eigenvalue weighted by Crippen LogP contribution is 2.28. The minimum absolute atomic E-state index is 0.0931. The predicted molar refractivity (Wildman–Crippen MR) is 60.2 cm³/mol. The molecule has 0 aliphatic rings. The summed E-state index contributed by atoms with van der Waals surface area (Å²) in [5, 5.41) is 9.25. The van der Waals surface area contributed by atoms with E-state index >= 15 is 0 Å². The highest BCUT2D eigenvalue weighted by Gasteiger charge is 2.09. The minimum atomic E-state index is 0.0931. The van der Waals surface area contributed by atoms with Gasteiger partial charge in [-0.15, -0.1) is 10.2 Å². The van der Waals surface area contributed by atoms with Crippen LogP contribution in [0.15, 0.2) is 9.50 Å². The molecule has 6 nitrogen and oxygen atoms in total. The summed E-state index contributed by atoms with van der Waals surface area (Å²) in [4.78, 5) is 11.8. The third-order valence-electron chi connectivity index (χ3n) is 1.44. The molecule has 0 fully saturated rings. The third-order valence-corrected chi connectivity index (χ3v) is 3.36. The monoisotopic (exact) mass is 275 g/mol. The summed E-state index contributed by atoms with van der Waals surface area (Å²) < 4.78 is 5.64. The fraction of sp³-hybridized carbons (Fsp3) is 0.286. The first-order valence-electron chi connectivity index (χ1n) is 4.11. The van der Waals surface area contributed by atoms with Gasteiger partial charge in [-0.05, 0) is 30.3 Å². The van der Waals surface area contributed by atoms with E-state index in [0.29, 0.717) is 5.16 Å². The number of aromatic nitrogens is 5. The Hall–Kier alpha value is -0.990. The summed E-state index contributed by atoms with van der Waals surface area (Å²) in [6.45, 7) is 1.88. The van der Waals surface area contributed by atoms with E-state index in [4.69, 9.17) is 16.3 Å². The van der Waals surface area contributed by atoms with Crippen LogP contribution in [-0.2, 0) is 0 Å². The van der Waals surface area contributed by atoms with Crippen molar-refractivity contribution in [1.82, 2.24) is 25.1 Å². The van der Waals surface area contributed by atoms with Gasteiger partial charge >= 0.3 is 6.01 Å². The fourth-order valence-electron chi connectivity index (χ4n) is 0.849. The molecule has 2 heterocycles. The van der Waals surface area contributed by atoms with Crippen LogP contribution in [-0.4, -0.2) is 32.3 Å². The van der Waals surface area contributed by atoms with Gasteiger partial charge in [-0.3, -0.25) is 0 Å². The van der Waals surface area contributed by atoms with Crippen LogP contribution in [0.3, 0.4) is 0 Å². The molecule has 0 bridgehead atoms. The quantitative estimate of drug-likeness (QED) is 0.846. The Morgan fingerprint density at radius 1 is 1.25 bits per heavy atom. The van der Waals surface area contributed by atoms with E-state index in [1.807, 2.05) is 6.92 Å². The standard InChI is InChI=1S/C7H6ClN5OS2/c1-3-12-13-7(15-3)16-6-10-4(8)9-5(11-6)14-2/h1-2H3. The highest BCUT2D eigenvalue weighted by atomic mass is 35.5. The van der Waals surface area contributed by atoms with Crippen molar-refractivity contribution in [3.63, 3.8) is 0 Å². The lowest BCUT2D eigenvalue weighted by Crippen LogP contribution is -1.96. The second kappa shape index (κ2) is 4.89. The van der Waals surface area contributed by atoms with Crippen LogP contribution in [0.5, 0.6) is 6.01 Å². The smallest absolute Gasteiger partial charge is 0.321 e. The van der Waals surface area contributed by atoms with Gasteiger partial charge in [0.1, 0.15) is 5.01 Å². The number of hydrogen-bond acceptors (Lipinski definition) is 8. The van der Waals surface area contributed by atoms with Crippen LogP contribution >= 0.6 is 34.7 Å². The molecular formula is C7H6ClN5OS2. The summed E-state index contributed by atoms with van der Waals surface area (Å²) in [6, 6.07) is 0.184. The molecule has 0 saturated heterocycles. The van der Waals surface area contributed by atoms with E-state index in [1.54, 1.807) is 0 Å². The topological polar surface area (TPSA) is 73.7 Å². The molecule has 0 amide bonds. The molecule has 0 radical (unpaired) electrons. The van der Waals surface area contributed by atoms with E-state index < -0.39 is 0 Å². The maximum Gasteiger partial charge on any atom is 0.321 e. The molecule has 16 heavy (non-hydrogen) atoms. The summed E-state index contributed by atoms with van der Waals surface area (Å²) in [5.74, 6) is 0. The van der Waals surface area contributed by atoms with Crippen molar-refractivity contribution in [2.75, 3.05) is 7.11 Å². The van der Waals surface area contributed by atoms with Crippen molar-refractivity contribution >= 4 is 34.7 Å². The molecular weight excluding hydrogens is 270 g/mol. The largest absolute Gasteiger partial charge is 0.467 e. The predicted octanol–water partition coefficient (Wildman–Crippen LogP) is 1.84. The van der Waals surface area contributed by atoms with Gasteiger partial charge in [0.2, 0.25) is 10.4 Å². The lowest BCUT2D eigenvalue weighted by Gasteiger charge is -1.99. The van der Waals surface area contributed by atoms with Crippen LogP contribution in [0.1, 0.15) is 5.01 Å². The molecule has 2 rings (SSSR count). The van der Waals surface area contributed by atoms with Gasteiger partial charge in [-0.25, -0.2) is 0 Å². The van der Waals surface area contributed by atoms with E-state index in [2.05, 4.69) is 25.1 Å². The molecule has 84 valence electrons. The maximum atomic E-state index is 5.71. The molecule has 0 atom stereocenters. The first kappa shape index (κ1) is 11.5. The van der Waals surface area contributed by atoms with Crippen molar-refractivity contribution in [1.29, 1.82) is 0 Å². The van der Waals surface area contributed by atoms with E-state index in [9.17, 15) is 0 Å². The zero-order valence-corrected chi connectivity index (χ0v) is 10.7. The van der Waals surface area contributed by atoms with Crippen LogP contribution < -0.4 is 4.74 Å². The first-order valence-corrected chi connectivity index (χ1v) is 6.12. The summed E-state index contributed by atoms with van der Waals surface area (Å²) in [7, 11) is 1.47. The minimum Gasteiger partial charge on any atom is -0.467 e. The average Bonchev–Trinajstić information content (AvgIpc) is 2.63. The van der Waals surface area contributed by atoms with Gasteiger partial charge in [0.05, 0.1) is 7.11 Å². The molecule has 0 aliphatic carbocycles. The molecule has 9 heteroatoms. The molecule has 2 aromatic rings. The molecule has 0 N–H and O–H groups in total. The van der Waals surface area contributed by atoms with Crippen molar-refractivity contribution in [2.24, 2.45) is 0 Å². The first-order chi connectivity index (χ1) is 7.67. The van der Waals surface area contributed by atoms with Crippen LogP contribution in [0.2, 0.25) is 5.28 Å². The van der Waals surface area contributed by atoms with E-state index in [0.717, 1.165) is 9.35 Å². The van der Waals surface area contributed by atoms with Crippen LogP contribution in [0, 0.1) is 6.92 Å². The fourth-order valence-corrected chi connectivity index (χ4v) is 2.71. The number of halogens is 1. The lowest BCUT2D eigenvalue weighted by atomic mass is 10.9. The van der Waals surface area contributed by atoms with Gasteiger partial charge in [0.15, 0.2) is 4.34 Å². The number of nitrogens with zero attached hydrogens (tertiary/aromatic N) is 5. The van der Waals surface area contributed by atoms with Crippen molar-refractivity contribution in [2.45, 2.75) is 16.4 Å². The van der Waals surface area contributed by atoms with Crippen molar-refractivity contribution < 1.29 is 4.74 Å². The van der Waals surface area contributed by atoms with E-state index in [1.165, 1.54) is 30.2 Å². The van der Waals surface area contributed by atoms with E-state index in [-0.39, 0.29) is 11.3 Å². The molecule has 2 aromatic heterocycles. The van der Waals surface area contributed by atoms with Gasteiger partial charge in [0.25, 0.3) is 0 Å². The Morgan fingerprint density at radius 2 is 2.06 bits per heavy atom. The third kappa shape index (κ3) is 2.77. The number of aryl methyl sites for hydroxylation is 1. The summed E-state index contributed by atoms with van der Waals surface area (Å²) in [6.07, 6.45) is 0. The zero-order valence-electron chi connectivity index (χ0n) is 8.34. The highest BCUT2D eigenvalue weighted by molar-refractivity contribution is 8.00. The Morgan fingerprint density at radius 3 is 2.69 bits per heavy atom. The Balaban J connectivity index is 2.24. The normalized spacial score (nSPS) is 10.4. The average molecular weight is 276 g/mol. The number of hydrogen-bond donors (Lipinski definition) is 0. The Bertz CT molecular complexity index is 505. The number of ether oxygens (including phenoxy) is 1. The van der Waals surface area contributed by atoms with Crippen molar-refractivity contribution in [3.8, 4) is 6.01 Å². The Kier molecular flexibility index (Phi) is 3.52. The molecule has 0 spiro atoms. The number of methoxy groups -OCH3 is 1. The molecule has 0 aromatic carbocycles. The van der Waals surface area contributed by atoms with Gasteiger partial charge in [-0.1, -0.05) is 11.3 Å². The Labute approximate surface area is 104 Å². The van der Waals surface area contributed by atoms with Crippen LogP contribution in [0.4, 0.5) is 0 Å². The SMILES string of the molecule is COc1nc(Cl)nc(Sc2nnc(C)s2)n1. The summed E-state index contributed by atoms with van der Waals surface area (Å²) >= 11 is 8.44. The second-order valence-electron chi connectivity index (χ2n) is 2.56. The lowest BCUT2D eigenvalue weighted by molar-refractivity contribution is 0.373. The van der Waals surface area contributed by atoms with Gasteiger partial charge < -0.3 is 4.74 Å². The van der Waals surface area contributed by atoms with Crippen molar-refractivity contribution in [3.05, 3.63) is 10.3 Å². The summed E-state index contributed by atoms with van der Waals surface area (Å²) in [5.41, 5.74) is 0. The van der Waals surface area contributed by atoms with Gasteiger partial charge in [0, 0.05) is 0 Å². The van der Waals surface area contributed by atoms with Crippen LogP contribution in [0.25, 0.3) is 0 Å². The molecule has 0 aliphatic heterocycles. The molecule has 0 saturated carbocycles. The molecule has 0 unspecified atom stereocenters. The zero-order chi connectivity index (χ0) is 11.5. The van der Waals surface area contributed by atoms with Gasteiger partial charge in [-0.2, -0.15) is 15.0 Å².